The molecule has 1 aromatic rings. The molecule has 6 nitrogen and oxygen atoms in total. The number of benzene rings is 1. The first kappa shape index (κ1) is 14.2. The van der Waals surface area contributed by atoms with Gasteiger partial charge in [-0.25, -0.2) is 13.2 Å². The minimum absolute atomic E-state index is 0.154. The first-order valence-corrected chi connectivity index (χ1v) is 7.10. The van der Waals surface area contributed by atoms with Crippen molar-refractivity contribution in [3.05, 3.63) is 35.4 Å². The molecule has 7 heteroatoms. The van der Waals surface area contributed by atoms with Crippen LogP contribution in [0.5, 0.6) is 0 Å². The lowest BCUT2D eigenvalue weighted by Gasteiger charge is -2.04. The van der Waals surface area contributed by atoms with Crippen LogP contribution in [-0.2, 0) is 21.2 Å². The van der Waals surface area contributed by atoms with Crippen LogP contribution in [0.2, 0.25) is 0 Å². The van der Waals surface area contributed by atoms with Crippen molar-refractivity contribution < 1.29 is 23.1 Å². The smallest absolute Gasteiger partial charge is 0.335 e. The minimum Gasteiger partial charge on any atom is -0.478 e. The van der Waals surface area contributed by atoms with Gasteiger partial charge in [-0.15, -0.1) is 0 Å². The summed E-state index contributed by atoms with van der Waals surface area (Å²) >= 11 is 0. The molecular formula is C11H13NO5S. The number of carboxylic acid groups (broad SMARTS) is 1. The molecule has 0 bridgehead atoms. The fraction of sp³-hybridized carbons (Fsp3) is 0.273. The summed E-state index contributed by atoms with van der Waals surface area (Å²) in [6.07, 6.45) is 0.980. The molecule has 1 amide bonds. The van der Waals surface area contributed by atoms with E-state index in [1.165, 1.54) is 12.1 Å². The zero-order chi connectivity index (χ0) is 13.8. The van der Waals surface area contributed by atoms with Gasteiger partial charge in [0.2, 0.25) is 5.91 Å². The SMILES string of the molecule is CS(=O)(=O)CC(=O)NCc1ccc(C(=O)O)cc1. The molecule has 0 unspecified atom stereocenters. The van der Waals surface area contributed by atoms with E-state index in [-0.39, 0.29) is 12.1 Å². The maximum Gasteiger partial charge on any atom is 0.335 e. The van der Waals surface area contributed by atoms with Crippen LogP contribution >= 0.6 is 0 Å². The third-order valence-corrected chi connectivity index (χ3v) is 2.87. The molecule has 0 aromatic heterocycles. The van der Waals surface area contributed by atoms with E-state index >= 15 is 0 Å². The van der Waals surface area contributed by atoms with Gasteiger partial charge in [0.05, 0.1) is 5.56 Å². The Morgan fingerprint density at radius 2 is 1.78 bits per heavy atom. The first-order chi connectivity index (χ1) is 8.28. The highest BCUT2D eigenvalue weighted by Gasteiger charge is 2.10. The first-order valence-electron chi connectivity index (χ1n) is 5.04. The summed E-state index contributed by atoms with van der Waals surface area (Å²) in [6.45, 7) is 0.161. The minimum atomic E-state index is -3.34. The summed E-state index contributed by atoms with van der Waals surface area (Å²) in [4.78, 5) is 21.8. The van der Waals surface area contributed by atoms with Crippen LogP contribution in [-0.4, -0.2) is 37.4 Å². The Kier molecular flexibility index (Phi) is 4.43. The van der Waals surface area contributed by atoms with E-state index in [0.29, 0.717) is 5.56 Å². The molecule has 0 aliphatic heterocycles. The largest absolute Gasteiger partial charge is 0.478 e. The van der Waals surface area contributed by atoms with Crippen molar-refractivity contribution in [2.24, 2.45) is 0 Å². The third-order valence-electron chi connectivity index (χ3n) is 2.08. The van der Waals surface area contributed by atoms with Gasteiger partial charge in [0.1, 0.15) is 5.75 Å². The van der Waals surface area contributed by atoms with Crippen molar-refractivity contribution in [2.45, 2.75) is 6.54 Å². The third kappa shape index (κ3) is 4.96. The molecule has 1 aromatic carbocycles. The average Bonchev–Trinajstić information content (AvgIpc) is 2.24. The summed E-state index contributed by atoms with van der Waals surface area (Å²) < 4.78 is 21.7. The van der Waals surface area contributed by atoms with Crippen molar-refractivity contribution in [3.8, 4) is 0 Å². The van der Waals surface area contributed by atoms with Crippen LogP contribution in [0.3, 0.4) is 0 Å². The number of sulfone groups is 1. The molecule has 98 valence electrons. The molecule has 18 heavy (non-hydrogen) atoms. The summed E-state index contributed by atoms with van der Waals surface area (Å²) in [6, 6.07) is 5.95. The van der Waals surface area contributed by atoms with Gasteiger partial charge >= 0.3 is 5.97 Å². The highest BCUT2D eigenvalue weighted by Crippen LogP contribution is 2.04. The highest BCUT2D eigenvalue weighted by atomic mass is 32.2. The number of nitrogens with one attached hydrogen (secondary N) is 1. The Bertz CT molecular complexity index is 547. The highest BCUT2D eigenvalue weighted by molar-refractivity contribution is 7.91. The predicted octanol–water partition coefficient (Wildman–Crippen LogP) is 0.0456. The topological polar surface area (TPSA) is 101 Å². The zero-order valence-corrected chi connectivity index (χ0v) is 10.5. The van der Waals surface area contributed by atoms with E-state index in [4.69, 9.17) is 5.11 Å². The van der Waals surface area contributed by atoms with E-state index in [9.17, 15) is 18.0 Å². The van der Waals surface area contributed by atoms with Crippen molar-refractivity contribution in [2.75, 3.05) is 12.0 Å². The Labute approximate surface area is 105 Å². The number of aromatic carboxylic acids is 1. The van der Waals surface area contributed by atoms with Crippen LogP contribution in [0.25, 0.3) is 0 Å². The van der Waals surface area contributed by atoms with Crippen molar-refractivity contribution in [1.82, 2.24) is 5.32 Å². The second-order valence-corrected chi connectivity index (χ2v) is 5.99. The van der Waals surface area contributed by atoms with Crippen LogP contribution in [0.1, 0.15) is 15.9 Å². The van der Waals surface area contributed by atoms with Crippen molar-refractivity contribution in [1.29, 1.82) is 0 Å². The molecule has 0 saturated heterocycles. The van der Waals surface area contributed by atoms with E-state index in [1.54, 1.807) is 12.1 Å². The number of carbonyl (C=O) groups is 2. The van der Waals surface area contributed by atoms with Gasteiger partial charge in [-0.1, -0.05) is 12.1 Å². The van der Waals surface area contributed by atoms with Crippen LogP contribution < -0.4 is 5.32 Å². The van der Waals surface area contributed by atoms with E-state index in [2.05, 4.69) is 5.32 Å². The Balaban J connectivity index is 2.54. The number of rotatable bonds is 5. The summed E-state index contributed by atoms with van der Waals surface area (Å²) in [5, 5.41) is 11.1. The number of carbonyl (C=O) groups excluding carboxylic acids is 1. The van der Waals surface area contributed by atoms with Gasteiger partial charge < -0.3 is 10.4 Å². The lowest BCUT2D eigenvalue weighted by molar-refractivity contribution is -0.118. The normalized spacial score (nSPS) is 10.9. The second-order valence-electron chi connectivity index (χ2n) is 3.85. The Morgan fingerprint density at radius 3 is 2.22 bits per heavy atom. The fourth-order valence-corrected chi connectivity index (χ4v) is 1.83. The molecule has 0 radical (unpaired) electrons. The quantitative estimate of drug-likeness (QED) is 0.787. The summed E-state index contributed by atoms with van der Waals surface area (Å²) in [5.74, 6) is -2.16. The molecule has 0 saturated carbocycles. The van der Waals surface area contributed by atoms with Gasteiger partial charge in [-0.05, 0) is 17.7 Å². The second kappa shape index (κ2) is 5.63. The Hall–Kier alpha value is -1.89. The molecule has 2 N–H and O–H groups in total. The van der Waals surface area contributed by atoms with Crippen LogP contribution in [0.15, 0.2) is 24.3 Å². The van der Waals surface area contributed by atoms with Crippen LogP contribution in [0.4, 0.5) is 0 Å². The number of amides is 1. The van der Waals surface area contributed by atoms with Crippen molar-refractivity contribution >= 4 is 21.7 Å². The maximum absolute atomic E-state index is 11.2. The van der Waals surface area contributed by atoms with E-state index in [0.717, 1.165) is 6.26 Å². The maximum atomic E-state index is 11.2. The molecular weight excluding hydrogens is 258 g/mol. The van der Waals surface area contributed by atoms with Gasteiger partial charge in [0.25, 0.3) is 0 Å². The van der Waals surface area contributed by atoms with Gasteiger partial charge in [-0.2, -0.15) is 0 Å². The zero-order valence-electron chi connectivity index (χ0n) is 9.71. The van der Waals surface area contributed by atoms with Gasteiger partial charge in [0.15, 0.2) is 9.84 Å². The number of hydrogen-bond acceptors (Lipinski definition) is 4. The fourth-order valence-electron chi connectivity index (χ4n) is 1.25. The molecule has 0 fully saturated rings. The Morgan fingerprint density at radius 1 is 1.22 bits per heavy atom. The monoisotopic (exact) mass is 271 g/mol. The molecule has 0 aliphatic rings. The van der Waals surface area contributed by atoms with E-state index in [1.807, 2.05) is 0 Å². The van der Waals surface area contributed by atoms with Crippen molar-refractivity contribution in [3.63, 3.8) is 0 Å². The average molecular weight is 271 g/mol. The summed E-state index contributed by atoms with van der Waals surface area (Å²) in [7, 11) is -3.34. The standard InChI is InChI=1S/C11H13NO5S/c1-18(16,17)7-10(13)12-6-8-2-4-9(5-3-8)11(14)15/h2-5H,6-7H2,1H3,(H,12,13)(H,14,15). The molecule has 0 heterocycles. The summed E-state index contributed by atoms with van der Waals surface area (Å²) in [5.41, 5.74) is 0.850. The molecule has 0 spiro atoms. The predicted molar refractivity (Wildman–Crippen MR) is 65.0 cm³/mol. The number of carboxylic acids is 1. The molecule has 1 rings (SSSR count). The molecule has 0 atom stereocenters. The van der Waals surface area contributed by atoms with Gasteiger partial charge in [0, 0.05) is 12.8 Å². The van der Waals surface area contributed by atoms with Crippen LogP contribution in [0, 0.1) is 0 Å². The lowest BCUT2D eigenvalue weighted by atomic mass is 10.1. The number of hydrogen-bond donors (Lipinski definition) is 2. The lowest BCUT2D eigenvalue weighted by Crippen LogP contribution is -2.29. The van der Waals surface area contributed by atoms with Gasteiger partial charge in [-0.3, -0.25) is 4.79 Å². The van der Waals surface area contributed by atoms with E-state index < -0.39 is 27.5 Å². The molecule has 0 aliphatic carbocycles.